The van der Waals surface area contributed by atoms with Crippen LogP contribution in [0.2, 0.25) is 0 Å². The molecule has 1 aromatic heterocycles. The van der Waals surface area contributed by atoms with Gasteiger partial charge in [0.05, 0.1) is 18.9 Å². The van der Waals surface area contributed by atoms with Crippen LogP contribution in [0.25, 0.3) is 17.1 Å². The van der Waals surface area contributed by atoms with E-state index < -0.39 is 0 Å². The highest BCUT2D eigenvalue weighted by Gasteiger charge is 2.15. The van der Waals surface area contributed by atoms with Crippen LogP contribution in [0.5, 0.6) is 11.5 Å². The number of aromatic amines is 1. The van der Waals surface area contributed by atoms with Gasteiger partial charge in [-0.2, -0.15) is 5.10 Å². The first-order valence-corrected chi connectivity index (χ1v) is 9.74. The van der Waals surface area contributed by atoms with E-state index in [4.69, 9.17) is 21.7 Å². The van der Waals surface area contributed by atoms with E-state index >= 15 is 0 Å². The SMILES string of the molecule is COc1ccc(-n2c(-c3ccc(OC4CCCCC4)cc3)n[nH]c2=S)cc1. The minimum absolute atomic E-state index is 0.346. The van der Waals surface area contributed by atoms with Crippen molar-refractivity contribution in [1.82, 2.24) is 14.8 Å². The Morgan fingerprint density at radius 1 is 0.963 bits per heavy atom. The molecule has 1 saturated carbocycles. The highest BCUT2D eigenvalue weighted by molar-refractivity contribution is 7.71. The fourth-order valence-corrected chi connectivity index (χ4v) is 3.76. The maximum absolute atomic E-state index is 6.12. The van der Waals surface area contributed by atoms with Crippen LogP contribution in [0.4, 0.5) is 0 Å². The Morgan fingerprint density at radius 2 is 1.63 bits per heavy atom. The number of rotatable bonds is 5. The van der Waals surface area contributed by atoms with Crippen molar-refractivity contribution in [2.24, 2.45) is 0 Å². The average molecular weight is 382 g/mol. The average Bonchev–Trinajstić information content (AvgIpc) is 3.11. The Kier molecular flexibility index (Phi) is 5.25. The van der Waals surface area contributed by atoms with Crippen molar-refractivity contribution < 1.29 is 9.47 Å². The Balaban J connectivity index is 1.59. The van der Waals surface area contributed by atoms with Gasteiger partial charge < -0.3 is 9.47 Å². The van der Waals surface area contributed by atoms with Crippen LogP contribution >= 0.6 is 12.2 Å². The summed E-state index contributed by atoms with van der Waals surface area (Å²) in [4.78, 5) is 0. The summed E-state index contributed by atoms with van der Waals surface area (Å²) < 4.78 is 13.8. The predicted octanol–water partition coefficient (Wildman–Crippen LogP) is 5.32. The number of hydrogen-bond acceptors (Lipinski definition) is 4. The minimum atomic E-state index is 0.346. The predicted molar refractivity (Wildman–Crippen MR) is 108 cm³/mol. The second kappa shape index (κ2) is 7.96. The van der Waals surface area contributed by atoms with E-state index in [1.165, 1.54) is 19.3 Å². The molecule has 27 heavy (non-hydrogen) atoms. The van der Waals surface area contributed by atoms with Crippen LogP contribution in [-0.4, -0.2) is 28.0 Å². The van der Waals surface area contributed by atoms with Gasteiger partial charge in [-0.1, -0.05) is 6.42 Å². The van der Waals surface area contributed by atoms with Crippen LogP contribution in [0.15, 0.2) is 48.5 Å². The van der Waals surface area contributed by atoms with E-state index in [-0.39, 0.29) is 0 Å². The molecule has 6 heteroatoms. The van der Waals surface area contributed by atoms with Crippen LogP contribution in [0.1, 0.15) is 32.1 Å². The molecule has 0 bridgehead atoms. The molecule has 0 amide bonds. The van der Waals surface area contributed by atoms with Gasteiger partial charge in [0.25, 0.3) is 0 Å². The summed E-state index contributed by atoms with van der Waals surface area (Å²) in [6, 6.07) is 15.8. The summed E-state index contributed by atoms with van der Waals surface area (Å²) in [5, 5.41) is 7.32. The van der Waals surface area contributed by atoms with Gasteiger partial charge in [-0.3, -0.25) is 9.67 Å². The normalized spacial score (nSPS) is 14.9. The summed E-state index contributed by atoms with van der Waals surface area (Å²) in [6.45, 7) is 0. The number of nitrogens with one attached hydrogen (secondary N) is 1. The van der Waals surface area contributed by atoms with Gasteiger partial charge >= 0.3 is 0 Å². The largest absolute Gasteiger partial charge is 0.497 e. The van der Waals surface area contributed by atoms with E-state index in [1.54, 1.807) is 7.11 Å². The molecule has 0 saturated heterocycles. The number of ether oxygens (including phenoxy) is 2. The van der Waals surface area contributed by atoms with Crippen molar-refractivity contribution in [3.8, 4) is 28.6 Å². The third-order valence-corrected chi connectivity index (χ3v) is 5.24. The fraction of sp³-hybridized carbons (Fsp3) is 0.333. The van der Waals surface area contributed by atoms with Crippen LogP contribution in [-0.2, 0) is 0 Å². The fourth-order valence-electron chi connectivity index (χ4n) is 3.52. The lowest BCUT2D eigenvalue weighted by atomic mass is 9.98. The molecule has 1 N–H and O–H groups in total. The van der Waals surface area contributed by atoms with Crippen LogP contribution < -0.4 is 9.47 Å². The Labute approximate surface area is 164 Å². The zero-order valence-corrected chi connectivity index (χ0v) is 16.2. The Hall–Kier alpha value is -2.60. The molecule has 5 nitrogen and oxygen atoms in total. The molecule has 0 unspecified atom stereocenters. The number of methoxy groups -OCH3 is 1. The molecule has 0 radical (unpaired) electrons. The number of benzene rings is 2. The molecule has 4 rings (SSSR count). The third kappa shape index (κ3) is 3.90. The maximum atomic E-state index is 6.12. The lowest BCUT2D eigenvalue weighted by molar-refractivity contribution is 0.155. The number of aromatic nitrogens is 3. The quantitative estimate of drug-likeness (QED) is 0.608. The smallest absolute Gasteiger partial charge is 0.200 e. The summed E-state index contributed by atoms with van der Waals surface area (Å²) in [5.74, 6) is 2.49. The molecule has 1 aliphatic carbocycles. The standard InChI is InChI=1S/C21H23N3O2S/c1-25-17-13-9-16(10-14-17)24-20(22-23-21(24)27)15-7-11-19(12-8-15)26-18-5-3-2-4-6-18/h7-14,18H,2-6H2,1H3,(H,23,27). The zero-order valence-electron chi connectivity index (χ0n) is 15.4. The lowest BCUT2D eigenvalue weighted by Crippen LogP contribution is -2.19. The number of H-pyrrole nitrogens is 1. The van der Waals surface area contributed by atoms with Gasteiger partial charge in [-0.25, -0.2) is 0 Å². The maximum Gasteiger partial charge on any atom is 0.200 e. The molecular formula is C21H23N3O2S. The first-order valence-electron chi connectivity index (χ1n) is 9.33. The second-order valence-corrected chi connectivity index (χ2v) is 7.17. The Morgan fingerprint density at radius 3 is 2.30 bits per heavy atom. The molecule has 2 aromatic carbocycles. The zero-order chi connectivity index (χ0) is 18.6. The monoisotopic (exact) mass is 381 g/mol. The van der Waals surface area contributed by atoms with Crippen molar-refractivity contribution in [2.45, 2.75) is 38.2 Å². The van der Waals surface area contributed by atoms with Crippen molar-refractivity contribution >= 4 is 12.2 Å². The van der Waals surface area contributed by atoms with Crippen LogP contribution in [0.3, 0.4) is 0 Å². The van der Waals surface area contributed by atoms with Gasteiger partial charge in [0.15, 0.2) is 10.6 Å². The van der Waals surface area contributed by atoms with Gasteiger partial charge in [-0.15, -0.1) is 0 Å². The molecular weight excluding hydrogens is 358 g/mol. The van der Waals surface area contributed by atoms with Crippen molar-refractivity contribution in [3.63, 3.8) is 0 Å². The van der Waals surface area contributed by atoms with Crippen molar-refractivity contribution in [1.29, 1.82) is 0 Å². The van der Waals surface area contributed by atoms with E-state index in [1.807, 2.05) is 53.1 Å². The van der Waals surface area contributed by atoms with E-state index in [9.17, 15) is 0 Å². The second-order valence-electron chi connectivity index (χ2n) is 6.79. The van der Waals surface area contributed by atoms with E-state index in [2.05, 4.69) is 10.2 Å². The number of hydrogen-bond donors (Lipinski definition) is 1. The molecule has 0 atom stereocenters. The summed E-state index contributed by atoms with van der Waals surface area (Å²) in [7, 11) is 1.65. The third-order valence-electron chi connectivity index (χ3n) is 4.97. The summed E-state index contributed by atoms with van der Waals surface area (Å²) in [5.41, 5.74) is 1.92. The summed E-state index contributed by atoms with van der Waals surface area (Å²) in [6.07, 6.45) is 6.50. The van der Waals surface area contributed by atoms with Gasteiger partial charge in [0, 0.05) is 5.56 Å². The first kappa shape index (κ1) is 17.8. The van der Waals surface area contributed by atoms with Crippen molar-refractivity contribution in [3.05, 3.63) is 53.3 Å². The topological polar surface area (TPSA) is 52.1 Å². The highest BCUT2D eigenvalue weighted by atomic mass is 32.1. The van der Waals surface area contributed by atoms with E-state index in [0.717, 1.165) is 41.4 Å². The van der Waals surface area contributed by atoms with Gasteiger partial charge in [0.2, 0.25) is 0 Å². The van der Waals surface area contributed by atoms with Gasteiger partial charge in [0.1, 0.15) is 11.5 Å². The molecule has 140 valence electrons. The molecule has 0 spiro atoms. The molecule has 1 aliphatic rings. The molecule has 3 aromatic rings. The first-order chi connectivity index (χ1) is 13.2. The molecule has 1 heterocycles. The highest BCUT2D eigenvalue weighted by Crippen LogP contribution is 2.27. The molecule has 0 aliphatic heterocycles. The lowest BCUT2D eigenvalue weighted by Gasteiger charge is -2.23. The number of nitrogens with zero attached hydrogens (tertiary/aromatic N) is 2. The summed E-state index contributed by atoms with van der Waals surface area (Å²) >= 11 is 5.44. The Bertz CT molecular complexity index is 939. The van der Waals surface area contributed by atoms with Crippen LogP contribution in [0, 0.1) is 4.77 Å². The van der Waals surface area contributed by atoms with E-state index in [0.29, 0.717) is 10.9 Å². The minimum Gasteiger partial charge on any atom is -0.497 e. The van der Waals surface area contributed by atoms with Crippen molar-refractivity contribution in [2.75, 3.05) is 7.11 Å². The molecule has 1 fully saturated rings. The van der Waals surface area contributed by atoms with Gasteiger partial charge in [-0.05, 0) is 86.4 Å².